The van der Waals surface area contributed by atoms with Gasteiger partial charge < -0.3 is 23.8 Å². The number of nitrogens with zero attached hydrogens (tertiary/aromatic N) is 3. The van der Waals surface area contributed by atoms with Crippen LogP contribution in [-0.4, -0.2) is 64.8 Å². The maximum atomic E-state index is 14.9. The lowest BCUT2D eigenvalue weighted by atomic mass is 9.78. The van der Waals surface area contributed by atoms with E-state index < -0.39 is 29.4 Å². The number of rotatable bonds is 10. The molecule has 1 aromatic heterocycles. The summed E-state index contributed by atoms with van der Waals surface area (Å²) in [4.78, 5) is 31.8. The van der Waals surface area contributed by atoms with Crippen molar-refractivity contribution in [3.05, 3.63) is 94.6 Å². The Bertz CT molecular complexity index is 1880. The number of benzene rings is 3. The zero-order valence-corrected chi connectivity index (χ0v) is 30.3. The summed E-state index contributed by atoms with van der Waals surface area (Å²) in [7, 11) is 1.69. The molecule has 1 aliphatic carbocycles. The average molecular weight is 724 g/mol. The van der Waals surface area contributed by atoms with E-state index in [4.69, 9.17) is 21.1 Å². The molecule has 1 saturated heterocycles. The van der Waals surface area contributed by atoms with Crippen LogP contribution in [-0.2, 0) is 33.5 Å². The highest BCUT2D eigenvalue weighted by molar-refractivity contribution is 6.31. The average Bonchev–Trinajstić information content (AvgIpc) is 3.88. The Morgan fingerprint density at radius 1 is 0.961 bits per heavy atom. The first-order chi connectivity index (χ1) is 24.2. The quantitative estimate of drug-likeness (QED) is 0.153. The van der Waals surface area contributed by atoms with E-state index in [9.17, 15) is 22.8 Å². The fourth-order valence-corrected chi connectivity index (χ4v) is 7.37. The first kappa shape index (κ1) is 36.8. The minimum Gasteiger partial charge on any atom is -0.444 e. The standard InChI is InChI=1S/C40H45ClF3N3O4/c1-39(2,3)51-38(49)46-19-17-31(28-10-7-9-26(21-28)27-13-16-35(41)34(22-27)40(42,43)44)33(25-46)37(48)47(30-14-15-30)24-29-23-45(18-8-20-50-4)36-12-6-5-11-32(29)36/h5-7,9-13,16,21-23,30-31,33H,8,14-15,17-20,24-25H2,1-4H3/t31-,33+/m1/s1. The van der Waals surface area contributed by atoms with Crippen molar-refractivity contribution in [1.29, 1.82) is 0 Å². The van der Waals surface area contributed by atoms with Crippen molar-refractivity contribution in [2.75, 3.05) is 26.8 Å². The Morgan fingerprint density at radius 3 is 2.41 bits per heavy atom. The molecule has 7 nitrogen and oxygen atoms in total. The highest BCUT2D eigenvalue weighted by atomic mass is 35.5. The lowest BCUT2D eigenvalue weighted by molar-refractivity contribution is -0.139. The van der Waals surface area contributed by atoms with Gasteiger partial charge in [0, 0.05) is 63.0 Å². The van der Waals surface area contributed by atoms with Crippen molar-refractivity contribution in [3.63, 3.8) is 0 Å². The lowest BCUT2D eigenvalue weighted by Gasteiger charge is -2.40. The summed E-state index contributed by atoms with van der Waals surface area (Å²) in [5.41, 5.74) is 2.37. The van der Waals surface area contributed by atoms with Crippen LogP contribution in [0, 0.1) is 5.92 Å². The smallest absolute Gasteiger partial charge is 0.417 e. The molecular weight excluding hydrogens is 679 g/mol. The maximum Gasteiger partial charge on any atom is 0.417 e. The first-order valence-corrected chi connectivity index (χ1v) is 17.9. The second kappa shape index (κ2) is 14.9. The van der Waals surface area contributed by atoms with Gasteiger partial charge in [-0.3, -0.25) is 4.79 Å². The summed E-state index contributed by atoms with van der Waals surface area (Å²) >= 11 is 5.92. The van der Waals surface area contributed by atoms with E-state index in [1.165, 1.54) is 6.07 Å². The number of halogens is 4. The van der Waals surface area contributed by atoms with Gasteiger partial charge in [-0.05, 0) is 92.8 Å². The number of hydrogen-bond donors (Lipinski definition) is 0. The number of amides is 2. The van der Waals surface area contributed by atoms with Crippen LogP contribution in [0.15, 0.2) is 72.9 Å². The molecule has 2 atom stereocenters. The molecule has 2 heterocycles. The van der Waals surface area contributed by atoms with Gasteiger partial charge in [0.25, 0.3) is 0 Å². The molecule has 4 aromatic rings. The summed E-state index contributed by atoms with van der Waals surface area (Å²) in [6, 6.07) is 19.6. The van der Waals surface area contributed by atoms with E-state index in [0.717, 1.165) is 53.9 Å². The number of alkyl halides is 3. The van der Waals surface area contributed by atoms with Gasteiger partial charge in [-0.1, -0.05) is 60.1 Å². The van der Waals surface area contributed by atoms with Gasteiger partial charge in [-0.15, -0.1) is 0 Å². The number of carbonyl (C=O) groups is 2. The van der Waals surface area contributed by atoms with E-state index in [-0.39, 0.29) is 29.4 Å². The molecule has 2 fully saturated rings. The molecule has 1 aliphatic heterocycles. The van der Waals surface area contributed by atoms with Gasteiger partial charge in [0.15, 0.2) is 0 Å². The molecule has 2 amide bonds. The summed E-state index contributed by atoms with van der Waals surface area (Å²) in [6.45, 7) is 7.86. The fourth-order valence-electron chi connectivity index (χ4n) is 7.15. The number of aryl methyl sites for hydroxylation is 1. The normalized spacial score (nSPS) is 18.2. The molecule has 0 bridgehead atoms. The fraction of sp³-hybridized carbons (Fsp3) is 0.450. The molecule has 272 valence electrons. The number of hydrogen-bond acceptors (Lipinski definition) is 4. The molecule has 2 aliphatic rings. The molecular formula is C40H45ClF3N3O4. The van der Waals surface area contributed by atoms with Gasteiger partial charge in [0.1, 0.15) is 5.60 Å². The third kappa shape index (κ3) is 8.55. The third-order valence-corrected chi connectivity index (χ3v) is 10.1. The van der Waals surface area contributed by atoms with Crippen molar-refractivity contribution in [2.45, 2.75) is 83.3 Å². The van der Waals surface area contributed by atoms with Gasteiger partial charge in [-0.2, -0.15) is 13.2 Å². The third-order valence-electron chi connectivity index (χ3n) is 9.73. The van der Waals surface area contributed by atoms with E-state index in [0.29, 0.717) is 37.2 Å². The first-order valence-electron chi connectivity index (χ1n) is 17.5. The Balaban J connectivity index is 1.34. The second-order valence-corrected chi connectivity index (χ2v) is 15.1. The number of methoxy groups -OCH3 is 1. The van der Waals surface area contributed by atoms with E-state index in [1.54, 1.807) is 24.1 Å². The monoisotopic (exact) mass is 723 g/mol. The Morgan fingerprint density at radius 2 is 1.71 bits per heavy atom. The number of para-hydroxylation sites is 1. The molecule has 0 unspecified atom stereocenters. The van der Waals surface area contributed by atoms with Crippen molar-refractivity contribution in [2.24, 2.45) is 5.92 Å². The lowest BCUT2D eigenvalue weighted by Crippen LogP contribution is -2.51. The van der Waals surface area contributed by atoms with Crippen LogP contribution in [0.3, 0.4) is 0 Å². The number of piperidine rings is 1. The van der Waals surface area contributed by atoms with Crippen LogP contribution in [0.25, 0.3) is 22.0 Å². The molecule has 11 heteroatoms. The second-order valence-electron chi connectivity index (χ2n) is 14.7. The molecule has 0 radical (unpaired) electrons. The molecule has 51 heavy (non-hydrogen) atoms. The molecule has 0 spiro atoms. The highest BCUT2D eigenvalue weighted by Crippen LogP contribution is 2.41. The van der Waals surface area contributed by atoms with Gasteiger partial charge >= 0.3 is 12.3 Å². The number of carbonyl (C=O) groups excluding carboxylic acids is 2. The van der Waals surface area contributed by atoms with Crippen LogP contribution in [0.1, 0.15) is 69.1 Å². The van der Waals surface area contributed by atoms with E-state index in [2.05, 4.69) is 22.9 Å². The molecule has 1 saturated carbocycles. The van der Waals surface area contributed by atoms with E-state index in [1.807, 2.05) is 56.0 Å². The molecule has 6 rings (SSSR count). The summed E-state index contributed by atoms with van der Waals surface area (Å²) in [5, 5.41) is 0.735. The predicted octanol–water partition coefficient (Wildman–Crippen LogP) is 9.55. The number of fused-ring (bicyclic) bond motifs is 1. The SMILES string of the molecule is COCCCn1cc(CN(C(=O)[C@H]2CN(C(=O)OC(C)(C)C)CC[C@@H]2c2cccc(-c3ccc(Cl)c(C(F)(F)F)c3)c2)C2CC2)c2ccccc21. The van der Waals surface area contributed by atoms with E-state index >= 15 is 0 Å². The van der Waals surface area contributed by atoms with Crippen LogP contribution in [0.5, 0.6) is 0 Å². The number of likely N-dealkylation sites (tertiary alicyclic amines) is 1. The van der Waals surface area contributed by atoms with Crippen molar-refractivity contribution >= 4 is 34.5 Å². The topological polar surface area (TPSA) is 64.0 Å². The highest BCUT2D eigenvalue weighted by Gasteiger charge is 2.43. The van der Waals surface area contributed by atoms with Crippen LogP contribution in [0.4, 0.5) is 18.0 Å². The van der Waals surface area contributed by atoms with Gasteiger partial charge in [0.2, 0.25) is 5.91 Å². The van der Waals surface area contributed by atoms with Gasteiger partial charge in [0.05, 0.1) is 16.5 Å². The Kier molecular flexibility index (Phi) is 10.7. The summed E-state index contributed by atoms with van der Waals surface area (Å²) in [6.07, 6.45) is 0.225. The maximum absolute atomic E-state index is 14.9. The van der Waals surface area contributed by atoms with Crippen LogP contribution >= 0.6 is 11.6 Å². The minimum absolute atomic E-state index is 0.0387. The molecule has 0 N–H and O–H groups in total. The number of ether oxygens (including phenoxy) is 2. The summed E-state index contributed by atoms with van der Waals surface area (Å²) < 4.78 is 54.5. The Hall–Kier alpha value is -4.02. The van der Waals surface area contributed by atoms with Crippen LogP contribution in [0.2, 0.25) is 5.02 Å². The predicted molar refractivity (Wildman–Crippen MR) is 193 cm³/mol. The molecule has 3 aromatic carbocycles. The van der Waals surface area contributed by atoms with Gasteiger partial charge in [-0.25, -0.2) is 4.79 Å². The van der Waals surface area contributed by atoms with Crippen molar-refractivity contribution in [3.8, 4) is 11.1 Å². The van der Waals surface area contributed by atoms with Crippen LogP contribution < -0.4 is 0 Å². The minimum atomic E-state index is -4.60. The number of aromatic nitrogens is 1. The van der Waals surface area contributed by atoms with Crippen molar-refractivity contribution < 1.29 is 32.2 Å². The largest absolute Gasteiger partial charge is 0.444 e. The van der Waals surface area contributed by atoms with Crippen molar-refractivity contribution in [1.82, 2.24) is 14.4 Å². The Labute approximate surface area is 302 Å². The summed E-state index contributed by atoms with van der Waals surface area (Å²) in [5.74, 6) is -0.904. The zero-order chi connectivity index (χ0) is 36.5. The zero-order valence-electron chi connectivity index (χ0n) is 29.5.